The Balaban J connectivity index is 0.000000151. The van der Waals surface area contributed by atoms with Crippen LogP contribution in [0.1, 0.15) is 13.8 Å². The van der Waals surface area contributed by atoms with Gasteiger partial charge in [-0.1, -0.05) is 244 Å². The van der Waals surface area contributed by atoms with Gasteiger partial charge in [-0.15, -0.1) is 0 Å². The van der Waals surface area contributed by atoms with Crippen molar-refractivity contribution in [3.63, 3.8) is 0 Å². The zero-order valence-electron chi connectivity index (χ0n) is 48.2. The number of hydrogen-bond acceptors (Lipinski definition) is 10. The molecule has 0 saturated carbocycles. The van der Waals surface area contributed by atoms with E-state index in [1.54, 1.807) is 12.4 Å². The van der Waals surface area contributed by atoms with Crippen molar-refractivity contribution in [3.05, 3.63) is 292 Å². The predicted octanol–water partition coefficient (Wildman–Crippen LogP) is 19.1. The van der Waals surface area contributed by atoms with Crippen LogP contribution >= 0.6 is 0 Å². The van der Waals surface area contributed by atoms with E-state index in [2.05, 4.69) is 146 Å². The van der Waals surface area contributed by atoms with Gasteiger partial charge < -0.3 is 0 Å². The second-order valence-electron chi connectivity index (χ2n) is 20.8. The summed E-state index contributed by atoms with van der Waals surface area (Å²) in [5, 5.41) is 10.7. The first-order chi connectivity index (χ1) is 43.6. The third kappa shape index (κ3) is 11.0. The summed E-state index contributed by atoms with van der Waals surface area (Å²) in [6, 6.07) is 93.0. The molecular weight excluding hydrogens is 1080 g/mol. The van der Waals surface area contributed by atoms with Crippen molar-refractivity contribution in [2.75, 3.05) is 0 Å². The molecule has 88 heavy (non-hydrogen) atoms. The highest BCUT2D eigenvalue weighted by atomic mass is 15.1. The topological polar surface area (TPSA) is 129 Å². The normalized spacial score (nSPS) is 11.1. The van der Waals surface area contributed by atoms with E-state index in [1.807, 2.05) is 147 Å². The summed E-state index contributed by atoms with van der Waals surface area (Å²) in [6.45, 7) is 4.00. The molecule has 0 atom stereocenters. The van der Waals surface area contributed by atoms with Gasteiger partial charge in [0, 0.05) is 50.5 Å². The maximum absolute atomic E-state index is 5.16. The van der Waals surface area contributed by atoms with E-state index in [0.717, 1.165) is 61.2 Å². The molecule has 5 aromatic heterocycles. The monoisotopic (exact) mass is 1130 g/mol. The minimum atomic E-state index is 0.461. The van der Waals surface area contributed by atoms with Gasteiger partial charge in [-0.25, -0.2) is 39.9 Å². The molecule has 0 unspecified atom stereocenters. The van der Waals surface area contributed by atoms with Gasteiger partial charge in [-0.05, 0) is 91.1 Å². The zero-order chi connectivity index (χ0) is 59.2. The molecule has 16 rings (SSSR count). The fourth-order valence-corrected chi connectivity index (χ4v) is 11.1. The Kier molecular flexibility index (Phi) is 15.0. The van der Waals surface area contributed by atoms with Crippen LogP contribution in [0.2, 0.25) is 0 Å². The van der Waals surface area contributed by atoms with Crippen LogP contribution in [0.15, 0.2) is 292 Å². The van der Waals surface area contributed by atoms with E-state index >= 15 is 0 Å². The third-order valence-corrected chi connectivity index (χ3v) is 15.3. The van der Waals surface area contributed by atoms with E-state index in [9.17, 15) is 0 Å². The van der Waals surface area contributed by atoms with Crippen molar-refractivity contribution < 1.29 is 0 Å². The first-order valence-electron chi connectivity index (χ1n) is 29.4. The number of nitrogens with zero attached hydrogens (tertiary/aromatic N) is 10. The van der Waals surface area contributed by atoms with E-state index in [0.29, 0.717) is 46.3 Å². The fraction of sp³-hybridized carbons (Fsp3) is 0.0256. The van der Waals surface area contributed by atoms with Gasteiger partial charge in [0.15, 0.2) is 34.9 Å². The van der Waals surface area contributed by atoms with E-state index in [1.165, 1.54) is 48.7 Å². The summed E-state index contributed by atoms with van der Waals surface area (Å²) in [4.78, 5) is 48.3. The van der Waals surface area contributed by atoms with Gasteiger partial charge in [0.1, 0.15) is 11.4 Å². The van der Waals surface area contributed by atoms with E-state index in [4.69, 9.17) is 49.8 Å². The molecule has 0 aliphatic heterocycles. The molecule has 16 aromatic rings. The van der Waals surface area contributed by atoms with Crippen molar-refractivity contribution in [3.8, 4) is 102 Å². The molecule has 5 heterocycles. The van der Waals surface area contributed by atoms with Crippen molar-refractivity contribution in [1.29, 1.82) is 0 Å². The molecule has 0 aliphatic rings. The lowest BCUT2D eigenvalue weighted by molar-refractivity contribution is 1.05. The lowest BCUT2D eigenvalue weighted by Gasteiger charge is -2.12. The first kappa shape index (κ1) is 54.1. The van der Waals surface area contributed by atoms with Gasteiger partial charge in [-0.3, -0.25) is 9.97 Å². The smallest absolute Gasteiger partial charge is 0.184 e. The minimum Gasteiger partial charge on any atom is -0.254 e. The van der Waals surface area contributed by atoms with Gasteiger partial charge in [-0.2, -0.15) is 0 Å². The first-order valence-corrected chi connectivity index (χ1v) is 29.4. The Labute approximate surface area is 508 Å². The molecule has 0 bridgehead atoms. The average Bonchev–Trinajstić information content (AvgIpc) is 1.19. The van der Waals surface area contributed by atoms with E-state index in [-0.39, 0.29) is 0 Å². The van der Waals surface area contributed by atoms with Gasteiger partial charge in [0.2, 0.25) is 0 Å². The number of fused-ring (bicyclic) bond motifs is 5. The lowest BCUT2D eigenvalue weighted by atomic mass is 9.93. The molecule has 0 spiro atoms. The van der Waals surface area contributed by atoms with Crippen LogP contribution in [0.3, 0.4) is 0 Å². The molecule has 0 amide bonds. The molecule has 416 valence electrons. The molecule has 10 heteroatoms. The predicted molar refractivity (Wildman–Crippen MR) is 359 cm³/mol. The molecule has 0 aliphatic carbocycles. The number of pyridine rings is 2. The van der Waals surface area contributed by atoms with Crippen molar-refractivity contribution in [2.24, 2.45) is 0 Å². The van der Waals surface area contributed by atoms with Crippen LogP contribution in [-0.2, 0) is 0 Å². The molecule has 11 aromatic carbocycles. The molecule has 0 fully saturated rings. The number of rotatable bonds is 9. The molecule has 10 nitrogen and oxygen atoms in total. The Bertz CT molecular complexity index is 4920. The van der Waals surface area contributed by atoms with Crippen LogP contribution < -0.4 is 0 Å². The second kappa shape index (κ2) is 24.4. The Hall–Kier alpha value is -11.9. The summed E-state index contributed by atoms with van der Waals surface area (Å²) in [5.41, 5.74) is 11.9. The van der Waals surface area contributed by atoms with Gasteiger partial charge in [0.25, 0.3) is 0 Å². The molecule has 0 N–H and O–H groups in total. The van der Waals surface area contributed by atoms with Crippen LogP contribution in [0.25, 0.3) is 156 Å². The maximum atomic E-state index is 5.16. The van der Waals surface area contributed by atoms with Crippen molar-refractivity contribution in [1.82, 2.24) is 49.8 Å². The van der Waals surface area contributed by atoms with Gasteiger partial charge in [0.05, 0.1) is 29.3 Å². The van der Waals surface area contributed by atoms with Crippen LogP contribution in [0.4, 0.5) is 0 Å². The summed E-state index contributed by atoms with van der Waals surface area (Å²) in [6.07, 6.45) is 5.34. The Morgan fingerprint density at radius 3 is 0.977 bits per heavy atom. The summed E-state index contributed by atoms with van der Waals surface area (Å²) in [7, 11) is 0. The number of aromatic nitrogens is 10. The highest BCUT2D eigenvalue weighted by Gasteiger charge is 2.18. The second-order valence-corrected chi connectivity index (χ2v) is 20.8. The quantitative estimate of drug-likeness (QED) is 0.129. The molecular formula is C78H54N10. The highest BCUT2D eigenvalue weighted by molar-refractivity contribution is 6.14. The van der Waals surface area contributed by atoms with Crippen LogP contribution in [-0.4, -0.2) is 49.8 Å². The largest absolute Gasteiger partial charge is 0.254 e. The highest BCUT2D eigenvalue weighted by Crippen LogP contribution is 2.39. The summed E-state index contributed by atoms with van der Waals surface area (Å²) in [5.74, 6) is 3.56. The van der Waals surface area contributed by atoms with Crippen molar-refractivity contribution >= 4 is 54.0 Å². The van der Waals surface area contributed by atoms with Crippen LogP contribution in [0, 0.1) is 0 Å². The standard InChI is InChI=1S/C38H24N6.C38H24N4.C2H6/c1-3-11-25(12-4-1)36-42-37(26-13-5-2-6-14-26)44-38(43-36)34-24-40-33(23-41-34)32-20-19-29(22-39-32)35-30-17-9-7-15-27(30)21-28-16-8-10-18-31(28)35;1-3-11-25(12-4-1)36-40-37(26-13-5-2-6-14-26)42-38(41-36)30-20-21-33-29(24-30)19-22-34(39-33)35-31-17-9-7-15-27(31)23-28-16-8-10-18-32(28)35;1-2/h1-24H;1-24H;1-2H3. The summed E-state index contributed by atoms with van der Waals surface area (Å²) < 4.78 is 0. The Morgan fingerprint density at radius 2 is 0.557 bits per heavy atom. The number of benzene rings is 11. The van der Waals surface area contributed by atoms with Crippen LogP contribution in [0.5, 0.6) is 0 Å². The number of hydrogen-bond donors (Lipinski definition) is 0. The third-order valence-electron chi connectivity index (χ3n) is 15.3. The Morgan fingerprint density at radius 1 is 0.205 bits per heavy atom. The fourth-order valence-electron chi connectivity index (χ4n) is 11.1. The maximum Gasteiger partial charge on any atom is 0.184 e. The van der Waals surface area contributed by atoms with Crippen molar-refractivity contribution in [2.45, 2.75) is 13.8 Å². The SMILES string of the molecule is CC.c1ccc(-c2nc(-c3ccccc3)nc(-c3ccc4nc(-c5c6ccccc6cc6ccccc56)ccc4c3)n2)cc1.c1ccc(-c2nc(-c3ccccc3)nc(-c3cnc(-c4ccc(-c5c6ccccc6cc6ccccc56)cn4)cn3)n2)cc1. The minimum absolute atomic E-state index is 0.461. The molecule has 0 radical (unpaired) electrons. The zero-order valence-corrected chi connectivity index (χ0v) is 48.2. The summed E-state index contributed by atoms with van der Waals surface area (Å²) >= 11 is 0. The lowest BCUT2D eigenvalue weighted by Crippen LogP contribution is -2.01. The van der Waals surface area contributed by atoms with Gasteiger partial charge >= 0.3 is 0 Å². The molecule has 0 saturated heterocycles. The van der Waals surface area contributed by atoms with E-state index < -0.39 is 0 Å². The average molecular weight is 1130 g/mol.